The molecular formula is C12H8INO3. The van der Waals surface area contributed by atoms with E-state index in [2.05, 4.69) is 0 Å². The summed E-state index contributed by atoms with van der Waals surface area (Å²) in [6.45, 7) is 0. The molecule has 5 heteroatoms. The van der Waals surface area contributed by atoms with Crippen LogP contribution in [0.2, 0.25) is 0 Å². The van der Waals surface area contributed by atoms with Gasteiger partial charge >= 0.3 is 0 Å². The van der Waals surface area contributed by atoms with Crippen molar-refractivity contribution in [3.63, 3.8) is 0 Å². The number of rotatable bonds is 3. The minimum absolute atomic E-state index is 0.0880. The van der Waals surface area contributed by atoms with Crippen molar-refractivity contribution in [1.29, 1.82) is 0 Å². The SMILES string of the molecule is O=C(C=Cc1ccc(I)o1)c1cccc[n+]1[O-]. The van der Waals surface area contributed by atoms with Gasteiger partial charge in [-0.1, -0.05) is 0 Å². The molecule has 0 aliphatic rings. The Bertz CT molecular complexity index is 575. The molecule has 2 aromatic heterocycles. The highest BCUT2D eigenvalue weighted by Crippen LogP contribution is 2.11. The number of pyridine rings is 1. The van der Waals surface area contributed by atoms with Crippen molar-refractivity contribution in [2.45, 2.75) is 0 Å². The first-order valence-corrected chi connectivity index (χ1v) is 5.90. The van der Waals surface area contributed by atoms with E-state index < -0.39 is 0 Å². The van der Waals surface area contributed by atoms with Gasteiger partial charge in [0.1, 0.15) is 5.76 Å². The van der Waals surface area contributed by atoms with Crippen molar-refractivity contribution in [1.82, 2.24) is 0 Å². The summed E-state index contributed by atoms with van der Waals surface area (Å²) >= 11 is 2.03. The summed E-state index contributed by atoms with van der Waals surface area (Å²) in [5.74, 6) is 0.225. The molecule has 0 saturated carbocycles. The molecule has 0 aliphatic heterocycles. The van der Waals surface area contributed by atoms with Gasteiger partial charge in [-0.15, -0.1) is 0 Å². The van der Waals surface area contributed by atoms with Crippen molar-refractivity contribution in [2.75, 3.05) is 0 Å². The molecule has 2 rings (SSSR count). The highest BCUT2D eigenvalue weighted by Gasteiger charge is 2.11. The lowest BCUT2D eigenvalue weighted by atomic mass is 10.2. The molecule has 0 unspecified atom stereocenters. The number of carbonyl (C=O) groups is 1. The number of furan rings is 1. The minimum atomic E-state index is -0.355. The molecule has 0 saturated heterocycles. The first-order valence-electron chi connectivity index (χ1n) is 4.83. The average Bonchev–Trinajstić information content (AvgIpc) is 2.73. The highest BCUT2D eigenvalue weighted by molar-refractivity contribution is 14.1. The summed E-state index contributed by atoms with van der Waals surface area (Å²) in [6, 6.07) is 8.24. The fourth-order valence-corrected chi connectivity index (χ4v) is 1.71. The van der Waals surface area contributed by atoms with E-state index in [0.29, 0.717) is 10.5 Å². The maximum absolute atomic E-state index is 11.7. The Kier molecular flexibility index (Phi) is 3.58. The van der Waals surface area contributed by atoms with E-state index in [-0.39, 0.29) is 11.5 Å². The normalized spacial score (nSPS) is 10.9. The van der Waals surface area contributed by atoms with Crippen LogP contribution in [-0.4, -0.2) is 5.78 Å². The average molecular weight is 341 g/mol. The maximum atomic E-state index is 11.7. The van der Waals surface area contributed by atoms with E-state index in [1.165, 1.54) is 24.4 Å². The number of allylic oxidation sites excluding steroid dienone is 1. The van der Waals surface area contributed by atoms with Crippen LogP contribution in [0.4, 0.5) is 0 Å². The van der Waals surface area contributed by atoms with E-state index in [1.807, 2.05) is 22.6 Å². The van der Waals surface area contributed by atoms with E-state index in [4.69, 9.17) is 4.42 Å². The Hall–Kier alpha value is -1.63. The van der Waals surface area contributed by atoms with E-state index in [0.717, 1.165) is 3.77 Å². The van der Waals surface area contributed by atoms with E-state index in [9.17, 15) is 10.0 Å². The largest absolute Gasteiger partial charge is 0.618 e. The Morgan fingerprint density at radius 1 is 1.35 bits per heavy atom. The summed E-state index contributed by atoms with van der Waals surface area (Å²) in [6.07, 6.45) is 4.15. The van der Waals surface area contributed by atoms with Crippen molar-refractivity contribution < 1.29 is 13.9 Å². The lowest BCUT2D eigenvalue weighted by Crippen LogP contribution is -2.33. The first kappa shape index (κ1) is 11.8. The first-order chi connectivity index (χ1) is 8.16. The van der Waals surface area contributed by atoms with Gasteiger partial charge in [0.25, 0.3) is 11.5 Å². The van der Waals surface area contributed by atoms with Crippen LogP contribution in [0.1, 0.15) is 16.2 Å². The summed E-state index contributed by atoms with van der Waals surface area (Å²) in [7, 11) is 0. The van der Waals surface area contributed by atoms with Crippen molar-refractivity contribution >= 4 is 34.5 Å². The van der Waals surface area contributed by atoms with Crippen LogP contribution in [0.3, 0.4) is 0 Å². The number of halogens is 1. The molecule has 4 nitrogen and oxygen atoms in total. The summed E-state index contributed by atoms with van der Waals surface area (Å²) < 4.78 is 6.55. The van der Waals surface area contributed by atoms with Crippen LogP contribution in [0.5, 0.6) is 0 Å². The number of aromatic nitrogens is 1. The third-order valence-corrected chi connectivity index (χ3v) is 2.65. The smallest absolute Gasteiger partial charge is 0.264 e. The van der Waals surface area contributed by atoms with Crippen LogP contribution < -0.4 is 4.73 Å². The van der Waals surface area contributed by atoms with Gasteiger partial charge in [0.15, 0.2) is 9.96 Å². The van der Waals surface area contributed by atoms with Crippen molar-refractivity contribution in [3.8, 4) is 0 Å². The number of carbonyl (C=O) groups excluding carboxylic acids is 1. The molecule has 0 fully saturated rings. The molecule has 0 N–H and O–H groups in total. The Balaban J connectivity index is 2.17. The Morgan fingerprint density at radius 3 is 2.82 bits per heavy atom. The van der Waals surface area contributed by atoms with Crippen LogP contribution in [-0.2, 0) is 0 Å². The number of nitrogens with zero attached hydrogens (tertiary/aromatic N) is 1. The highest BCUT2D eigenvalue weighted by atomic mass is 127. The second-order valence-corrected chi connectivity index (χ2v) is 4.31. The van der Waals surface area contributed by atoms with Gasteiger partial charge in [0.05, 0.1) is 0 Å². The molecule has 0 bridgehead atoms. The van der Waals surface area contributed by atoms with Crippen LogP contribution in [0.15, 0.2) is 47.0 Å². The van der Waals surface area contributed by atoms with Crippen LogP contribution >= 0.6 is 22.6 Å². The van der Waals surface area contributed by atoms with Gasteiger partial charge in [0.2, 0.25) is 0 Å². The number of hydrogen-bond donors (Lipinski definition) is 0. The Labute approximate surface area is 111 Å². The second-order valence-electron chi connectivity index (χ2n) is 3.25. The lowest BCUT2D eigenvalue weighted by molar-refractivity contribution is -0.607. The minimum Gasteiger partial charge on any atom is -0.618 e. The molecule has 0 spiro atoms. The molecule has 0 aliphatic carbocycles. The zero-order valence-electron chi connectivity index (χ0n) is 8.67. The van der Waals surface area contributed by atoms with Crippen LogP contribution in [0.25, 0.3) is 6.08 Å². The molecule has 0 aromatic carbocycles. The zero-order valence-corrected chi connectivity index (χ0v) is 10.8. The topological polar surface area (TPSA) is 57.2 Å². The predicted octanol–water partition coefficient (Wildman–Crippen LogP) is 2.41. The fraction of sp³-hybridized carbons (Fsp3) is 0. The summed E-state index contributed by atoms with van der Waals surface area (Å²) in [4.78, 5) is 11.7. The number of ketones is 1. The molecule has 0 atom stereocenters. The third kappa shape index (κ3) is 2.94. The monoisotopic (exact) mass is 341 g/mol. The van der Waals surface area contributed by atoms with Crippen LogP contribution in [0, 0.1) is 8.97 Å². The maximum Gasteiger partial charge on any atom is 0.264 e. The van der Waals surface area contributed by atoms with Crippen molar-refractivity contribution in [2.24, 2.45) is 0 Å². The van der Waals surface area contributed by atoms with Gasteiger partial charge in [-0.3, -0.25) is 4.79 Å². The van der Waals surface area contributed by atoms with E-state index in [1.54, 1.807) is 24.3 Å². The molecule has 2 heterocycles. The Morgan fingerprint density at radius 2 is 2.18 bits per heavy atom. The third-order valence-electron chi connectivity index (χ3n) is 2.07. The van der Waals surface area contributed by atoms with Gasteiger partial charge in [-0.05, 0) is 52.9 Å². The fourth-order valence-electron chi connectivity index (χ4n) is 1.28. The molecular weight excluding hydrogens is 333 g/mol. The molecule has 17 heavy (non-hydrogen) atoms. The standard InChI is InChI=1S/C12H8INO3/c13-12-7-5-9(17-12)4-6-11(15)10-3-1-2-8-14(10)16/h1-8H. The molecule has 2 aromatic rings. The van der Waals surface area contributed by atoms with Gasteiger partial charge < -0.3 is 9.62 Å². The van der Waals surface area contributed by atoms with Gasteiger partial charge in [-0.25, -0.2) is 0 Å². The second kappa shape index (κ2) is 5.13. The van der Waals surface area contributed by atoms with Crippen molar-refractivity contribution in [3.05, 3.63) is 63.0 Å². The van der Waals surface area contributed by atoms with Gasteiger partial charge in [0, 0.05) is 12.1 Å². The number of hydrogen-bond acceptors (Lipinski definition) is 3. The lowest BCUT2D eigenvalue weighted by Gasteiger charge is -1.98. The predicted molar refractivity (Wildman–Crippen MR) is 70.2 cm³/mol. The molecule has 86 valence electrons. The zero-order chi connectivity index (χ0) is 12.3. The molecule has 0 radical (unpaired) electrons. The van der Waals surface area contributed by atoms with E-state index >= 15 is 0 Å². The molecule has 0 amide bonds. The summed E-state index contributed by atoms with van der Waals surface area (Å²) in [5.41, 5.74) is 0.0880. The quantitative estimate of drug-likeness (QED) is 0.283. The summed E-state index contributed by atoms with van der Waals surface area (Å²) in [5, 5.41) is 11.3. The van der Waals surface area contributed by atoms with Gasteiger partial charge in [-0.2, -0.15) is 4.73 Å².